The molecule has 7 heteroatoms. The van der Waals surface area contributed by atoms with Gasteiger partial charge < -0.3 is 10.1 Å². The van der Waals surface area contributed by atoms with Crippen molar-refractivity contribution in [3.8, 4) is 0 Å². The Morgan fingerprint density at radius 2 is 1.73 bits per heavy atom. The minimum atomic E-state index is -4.91. The fraction of sp³-hybridized carbons (Fsp3) is 0.133. The summed E-state index contributed by atoms with van der Waals surface area (Å²) in [7, 11) is 0. The van der Waals surface area contributed by atoms with Crippen molar-refractivity contribution in [1.82, 2.24) is 0 Å². The molecule has 0 unspecified atom stereocenters. The number of halogens is 4. The van der Waals surface area contributed by atoms with Crippen LogP contribution in [0, 0.1) is 5.82 Å². The summed E-state index contributed by atoms with van der Waals surface area (Å²) in [5.74, 6) is -1.98. The third-order valence-electron chi connectivity index (χ3n) is 3.34. The smallest absolute Gasteiger partial charge is 0.421 e. The van der Waals surface area contributed by atoms with Crippen LogP contribution in [-0.2, 0) is 10.5 Å². The van der Waals surface area contributed by atoms with E-state index in [0.717, 1.165) is 18.2 Å². The molecule has 1 N–H and O–H groups in total. The lowest BCUT2D eigenvalue weighted by Gasteiger charge is -2.40. The van der Waals surface area contributed by atoms with Crippen molar-refractivity contribution in [2.75, 3.05) is 5.32 Å². The summed E-state index contributed by atoms with van der Waals surface area (Å²) < 4.78 is 58.7. The molecular formula is C15H9F4NO2. The second-order valence-corrected chi connectivity index (χ2v) is 4.75. The van der Waals surface area contributed by atoms with Gasteiger partial charge in [0.2, 0.25) is 0 Å². The van der Waals surface area contributed by atoms with Gasteiger partial charge in [0.25, 0.3) is 0 Å². The molecule has 3 rings (SSSR count). The molecule has 2 aromatic carbocycles. The molecule has 3 nitrogen and oxygen atoms in total. The summed E-state index contributed by atoms with van der Waals surface area (Å²) >= 11 is 0. The van der Waals surface area contributed by atoms with Gasteiger partial charge in [0, 0.05) is 5.56 Å². The summed E-state index contributed by atoms with van der Waals surface area (Å²) in [6, 6.07) is 9.62. The monoisotopic (exact) mass is 311 g/mol. The number of carbonyl (C=O) groups is 1. The zero-order chi connectivity index (χ0) is 16.0. The maximum atomic E-state index is 13.6. The number of alkyl halides is 3. The summed E-state index contributed by atoms with van der Waals surface area (Å²) in [5.41, 5.74) is -3.70. The molecule has 0 bridgehead atoms. The molecule has 1 aliphatic heterocycles. The largest absolute Gasteiger partial charge is 0.453 e. The number of benzene rings is 2. The molecule has 2 aromatic rings. The van der Waals surface area contributed by atoms with Crippen molar-refractivity contribution in [3.05, 3.63) is 65.5 Å². The van der Waals surface area contributed by atoms with Crippen LogP contribution in [0.3, 0.4) is 0 Å². The number of cyclic esters (lactones) is 1. The third-order valence-corrected chi connectivity index (χ3v) is 3.34. The van der Waals surface area contributed by atoms with Gasteiger partial charge in [0.05, 0.1) is 11.3 Å². The van der Waals surface area contributed by atoms with E-state index in [9.17, 15) is 22.4 Å². The first-order valence-electron chi connectivity index (χ1n) is 6.27. The van der Waals surface area contributed by atoms with Gasteiger partial charge in [-0.2, -0.15) is 13.2 Å². The van der Waals surface area contributed by atoms with Crippen molar-refractivity contribution in [3.63, 3.8) is 0 Å². The van der Waals surface area contributed by atoms with Crippen LogP contribution in [-0.4, -0.2) is 12.1 Å². The maximum absolute atomic E-state index is 13.6. The Morgan fingerprint density at radius 3 is 2.36 bits per heavy atom. The molecule has 1 heterocycles. The Morgan fingerprint density at radius 1 is 1.05 bits per heavy atom. The van der Waals surface area contributed by atoms with Gasteiger partial charge in [0.1, 0.15) is 5.82 Å². The van der Waals surface area contributed by atoms with E-state index < -0.39 is 23.7 Å². The predicted molar refractivity (Wildman–Crippen MR) is 69.6 cm³/mol. The number of nitrogens with one attached hydrogen (secondary N) is 1. The fourth-order valence-electron chi connectivity index (χ4n) is 2.30. The van der Waals surface area contributed by atoms with Crippen molar-refractivity contribution in [1.29, 1.82) is 0 Å². The Kier molecular flexibility index (Phi) is 3.09. The van der Waals surface area contributed by atoms with E-state index in [1.54, 1.807) is 6.07 Å². The molecule has 1 atom stereocenters. The standard InChI is InChI=1S/C15H9F4NO2/c16-10-6-7-12-11(8-10)13(21)22-14(20-12,15(17,18)19)9-4-2-1-3-5-9/h1-8,20H/t14-/m0/s1. The first-order valence-corrected chi connectivity index (χ1v) is 6.27. The van der Waals surface area contributed by atoms with Crippen molar-refractivity contribution < 1.29 is 27.1 Å². The number of rotatable bonds is 1. The molecule has 0 spiro atoms. The fourth-order valence-corrected chi connectivity index (χ4v) is 2.30. The lowest BCUT2D eigenvalue weighted by atomic mass is 9.98. The first kappa shape index (κ1) is 14.4. The lowest BCUT2D eigenvalue weighted by Crippen LogP contribution is -2.54. The normalized spacial score (nSPS) is 20.8. The highest BCUT2D eigenvalue weighted by Crippen LogP contribution is 2.46. The third kappa shape index (κ3) is 2.09. The highest BCUT2D eigenvalue weighted by Gasteiger charge is 2.62. The van der Waals surface area contributed by atoms with Gasteiger partial charge in [0.15, 0.2) is 0 Å². The average Bonchev–Trinajstić information content (AvgIpc) is 2.47. The average molecular weight is 311 g/mol. The Hall–Kier alpha value is -2.57. The van der Waals surface area contributed by atoms with Crippen LogP contribution in [0.5, 0.6) is 0 Å². The van der Waals surface area contributed by atoms with Crippen LogP contribution in [0.1, 0.15) is 15.9 Å². The predicted octanol–water partition coefficient (Wildman–Crippen LogP) is 3.82. The molecule has 0 saturated carbocycles. The minimum Gasteiger partial charge on any atom is -0.421 e. The molecule has 1 aliphatic rings. The van der Waals surface area contributed by atoms with Crippen molar-refractivity contribution >= 4 is 11.7 Å². The van der Waals surface area contributed by atoms with Crippen LogP contribution >= 0.6 is 0 Å². The molecule has 0 aromatic heterocycles. The van der Waals surface area contributed by atoms with Gasteiger partial charge >= 0.3 is 17.9 Å². The Labute approximate surface area is 122 Å². The van der Waals surface area contributed by atoms with Gasteiger partial charge in [-0.3, -0.25) is 0 Å². The Bertz CT molecular complexity index is 730. The summed E-state index contributed by atoms with van der Waals surface area (Å²) in [6.45, 7) is 0. The van der Waals surface area contributed by atoms with E-state index >= 15 is 0 Å². The first-order chi connectivity index (χ1) is 10.3. The number of carbonyl (C=O) groups excluding carboxylic acids is 1. The van der Waals surface area contributed by atoms with Gasteiger partial charge in [-0.05, 0) is 18.2 Å². The zero-order valence-electron chi connectivity index (χ0n) is 10.9. The molecular weight excluding hydrogens is 302 g/mol. The van der Waals surface area contributed by atoms with Gasteiger partial charge in [-0.1, -0.05) is 30.3 Å². The van der Waals surface area contributed by atoms with E-state index in [4.69, 9.17) is 0 Å². The quantitative estimate of drug-likeness (QED) is 0.642. The molecule has 22 heavy (non-hydrogen) atoms. The number of hydrogen-bond donors (Lipinski definition) is 1. The number of anilines is 1. The van der Waals surface area contributed by atoms with Crippen molar-refractivity contribution in [2.45, 2.75) is 11.9 Å². The van der Waals surface area contributed by atoms with E-state index in [0.29, 0.717) is 0 Å². The van der Waals surface area contributed by atoms with Gasteiger partial charge in [-0.25, -0.2) is 9.18 Å². The second-order valence-electron chi connectivity index (χ2n) is 4.75. The highest BCUT2D eigenvalue weighted by atomic mass is 19.4. The van der Waals surface area contributed by atoms with Crippen LogP contribution in [0.15, 0.2) is 48.5 Å². The summed E-state index contributed by atoms with van der Waals surface area (Å²) in [5, 5.41) is 2.19. The van der Waals surface area contributed by atoms with E-state index in [-0.39, 0.29) is 16.8 Å². The van der Waals surface area contributed by atoms with Crippen LogP contribution in [0.25, 0.3) is 0 Å². The van der Waals surface area contributed by atoms with Crippen LogP contribution in [0.2, 0.25) is 0 Å². The SMILES string of the molecule is O=C1O[C@@](c2ccccc2)(C(F)(F)F)Nc2ccc(F)cc21. The molecule has 0 amide bonds. The van der Waals surface area contributed by atoms with Crippen LogP contribution < -0.4 is 5.32 Å². The van der Waals surface area contributed by atoms with E-state index in [1.807, 2.05) is 0 Å². The van der Waals surface area contributed by atoms with E-state index in [1.165, 1.54) is 24.3 Å². The lowest BCUT2D eigenvalue weighted by molar-refractivity contribution is -0.254. The van der Waals surface area contributed by atoms with Crippen LogP contribution in [0.4, 0.5) is 23.2 Å². The number of esters is 1. The highest BCUT2D eigenvalue weighted by molar-refractivity contribution is 5.98. The second kappa shape index (κ2) is 4.72. The minimum absolute atomic E-state index is 0.140. The summed E-state index contributed by atoms with van der Waals surface area (Å²) in [6.07, 6.45) is -4.91. The number of ether oxygens (including phenoxy) is 1. The number of fused-ring (bicyclic) bond motifs is 1. The maximum Gasteiger partial charge on any atom is 0.453 e. The Balaban J connectivity index is 2.18. The molecule has 0 radical (unpaired) electrons. The topological polar surface area (TPSA) is 38.3 Å². The van der Waals surface area contributed by atoms with Gasteiger partial charge in [-0.15, -0.1) is 0 Å². The molecule has 0 saturated heterocycles. The van der Waals surface area contributed by atoms with E-state index in [2.05, 4.69) is 10.1 Å². The zero-order valence-corrected chi connectivity index (χ0v) is 10.9. The van der Waals surface area contributed by atoms with Crippen molar-refractivity contribution in [2.24, 2.45) is 0 Å². The molecule has 0 fully saturated rings. The number of hydrogen-bond acceptors (Lipinski definition) is 3. The summed E-state index contributed by atoms with van der Waals surface area (Å²) in [4.78, 5) is 11.9. The molecule has 0 aliphatic carbocycles. The molecule has 114 valence electrons.